The van der Waals surface area contributed by atoms with E-state index in [0.717, 1.165) is 24.2 Å². The third kappa shape index (κ3) is 9.59. The van der Waals surface area contributed by atoms with Crippen LogP contribution in [-0.2, 0) is 28.1 Å². The second-order valence-corrected chi connectivity index (χ2v) is 14.4. The van der Waals surface area contributed by atoms with Crippen LogP contribution >= 0.6 is 0 Å². The van der Waals surface area contributed by atoms with Gasteiger partial charge in [-0.3, -0.25) is 9.59 Å². The van der Waals surface area contributed by atoms with Gasteiger partial charge >= 0.3 is 12.1 Å². The van der Waals surface area contributed by atoms with Crippen molar-refractivity contribution in [1.29, 1.82) is 0 Å². The van der Waals surface area contributed by atoms with Crippen molar-refractivity contribution in [2.24, 2.45) is 0 Å². The zero-order chi connectivity index (χ0) is 38.2. The monoisotopic (exact) mass is 733 g/mol. The van der Waals surface area contributed by atoms with E-state index in [1.54, 1.807) is 36.4 Å². The lowest BCUT2D eigenvalue weighted by Crippen LogP contribution is -2.31. The SMILES string of the molecule is CC(C)(C)c1ccc(CNC(=O)Nc2cccc3c2OCC(=O)N3)cc1.Cc1ccc(CNC(=O)Nc2cccc3c2OCC(=O)N3)c(N2CCCC2)c1. The second-order valence-electron chi connectivity index (χ2n) is 14.4. The number of carbonyl (C=O) groups is 4. The Hall–Kier alpha value is -6.24. The fourth-order valence-electron chi connectivity index (χ4n) is 6.32. The average Bonchev–Trinajstić information content (AvgIpc) is 3.69. The molecule has 13 heteroatoms. The van der Waals surface area contributed by atoms with E-state index >= 15 is 0 Å². The van der Waals surface area contributed by atoms with Crippen LogP contribution in [0, 0.1) is 6.92 Å². The summed E-state index contributed by atoms with van der Waals surface area (Å²) >= 11 is 0. The third-order valence-corrected chi connectivity index (χ3v) is 9.17. The molecule has 13 nitrogen and oxygen atoms in total. The zero-order valence-electron chi connectivity index (χ0n) is 31.1. The van der Waals surface area contributed by atoms with Gasteiger partial charge in [0.05, 0.1) is 22.7 Å². The molecule has 54 heavy (non-hydrogen) atoms. The summed E-state index contributed by atoms with van der Waals surface area (Å²) in [6.07, 6.45) is 2.41. The number of benzene rings is 4. The molecule has 3 aliphatic heterocycles. The molecule has 6 amide bonds. The minimum Gasteiger partial charge on any atom is -0.479 e. The number of carbonyl (C=O) groups excluding carboxylic acids is 4. The van der Waals surface area contributed by atoms with E-state index in [4.69, 9.17) is 9.47 Å². The number of ether oxygens (including phenoxy) is 2. The van der Waals surface area contributed by atoms with Crippen LogP contribution in [0.1, 0.15) is 55.9 Å². The summed E-state index contributed by atoms with van der Waals surface area (Å²) in [5.74, 6) is 0.530. The van der Waals surface area contributed by atoms with Gasteiger partial charge in [-0.2, -0.15) is 0 Å². The number of hydrogen-bond acceptors (Lipinski definition) is 7. The Balaban J connectivity index is 0.000000185. The van der Waals surface area contributed by atoms with E-state index < -0.39 is 0 Å². The molecule has 282 valence electrons. The molecular weight excluding hydrogens is 686 g/mol. The van der Waals surface area contributed by atoms with E-state index in [-0.39, 0.29) is 42.5 Å². The number of urea groups is 2. The number of fused-ring (bicyclic) bond motifs is 2. The van der Waals surface area contributed by atoms with Gasteiger partial charge in [-0.25, -0.2) is 9.59 Å². The van der Waals surface area contributed by atoms with E-state index in [0.29, 0.717) is 47.3 Å². The average molecular weight is 734 g/mol. The van der Waals surface area contributed by atoms with Crippen molar-refractivity contribution in [2.45, 2.75) is 59.0 Å². The Morgan fingerprint density at radius 3 is 1.80 bits per heavy atom. The minimum atomic E-state index is -0.334. The van der Waals surface area contributed by atoms with Gasteiger partial charge in [0, 0.05) is 31.9 Å². The number of rotatable bonds is 7. The van der Waals surface area contributed by atoms with E-state index in [2.05, 4.69) is 94.8 Å². The first-order chi connectivity index (χ1) is 25.9. The van der Waals surface area contributed by atoms with Crippen LogP contribution in [0.4, 0.5) is 38.0 Å². The highest BCUT2D eigenvalue weighted by Gasteiger charge is 2.22. The van der Waals surface area contributed by atoms with Crippen LogP contribution < -0.4 is 46.3 Å². The zero-order valence-corrected chi connectivity index (χ0v) is 31.1. The molecule has 7 rings (SSSR count). The first-order valence-electron chi connectivity index (χ1n) is 18.1. The number of para-hydroxylation sites is 2. The number of aryl methyl sites for hydroxylation is 1. The number of anilines is 5. The highest BCUT2D eigenvalue weighted by Crippen LogP contribution is 2.36. The highest BCUT2D eigenvalue weighted by molar-refractivity contribution is 6.00. The smallest absolute Gasteiger partial charge is 0.319 e. The van der Waals surface area contributed by atoms with Crippen molar-refractivity contribution in [3.05, 3.63) is 101 Å². The van der Waals surface area contributed by atoms with Crippen molar-refractivity contribution in [3.63, 3.8) is 0 Å². The van der Waals surface area contributed by atoms with Crippen molar-refractivity contribution in [3.8, 4) is 11.5 Å². The van der Waals surface area contributed by atoms with E-state index in [9.17, 15) is 19.2 Å². The molecule has 0 saturated carbocycles. The summed E-state index contributed by atoms with van der Waals surface area (Å²) < 4.78 is 10.9. The van der Waals surface area contributed by atoms with E-state index in [1.807, 2.05) is 12.1 Å². The van der Waals surface area contributed by atoms with Crippen LogP contribution in [0.2, 0.25) is 0 Å². The Labute approximate surface area is 315 Å². The molecule has 4 aromatic carbocycles. The van der Waals surface area contributed by atoms with Gasteiger partial charge in [0.25, 0.3) is 11.8 Å². The molecule has 3 heterocycles. The predicted octanol–water partition coefficient (Wildman–Crippen LogP) is 6.88. The third-order valence-electron chi connectivity index (χ3n) is 9.17. The maximum atomic E-state index is 12.5. The van der Waals surface area contributed by atoms with Gasteiger partial charge < -0.3 is 46.3 Å². The Bertz CT molecular complexity index is 2020. The first kappa shape index (κ1) is 37.5. The van der Waals surface area contributed by atoms with Gasteiger partial charge in [0.15, 0.2) is 24.7 Å². The molecule has 0 bridgehead atoms. The van der Waals surface area contributed by atoms with Gasteiger partial charge in [0.1, 0.15) is 0 Å². The quantitative estimate of drug-likeness (QED) is 0.121. The van der Waals surface area contributed by atoms with Crippen LogP contribution in [-0.4, -0.2) is 50.2 Å². The molecule has 0 atom stereocenters. The molecule has 1 fully saturated rings. The molecule has 3 aliphatic rings. The molecule has 0 spiro atoms. The lowest BCUT2D eigenvalue weighted by atomic mass is 9.87. The van der Waals surface area contributed by atoms with Crippen molar-refractivity contribution in [2.75, 3.05) is 52.5 Å². The number of nitrogens with one attached hydrogen (secondary N) is 6. The molecule has 0 unspecified atom stereocenters. The lowest BCUT2D eigenvalue weighted by molar-refractivity contribution is -0.119. The van der Waals surface area contributed by atoms with Crippen molar-refractivity contribution >= 4 is 52.3 Å². The second kappa shape index (κ2) is 16.6. The number of hydrogen-bond donors (Lipinski definition) is 6. The van der Waals surface area contributed by atoms with Crippen LogP contribution in [0.3, 0.4) is 0 Å². The summed E-state index contributed by atoms with van der Waals surface area (Å²) in [6, 6.07) is 24.3. The number of nitrogens with zero attached hydrogens (tertiary/aromatic N) is 1. The normalized spacial score (nSPS) is 14.4. The van der Waals surface area contributed by atoms with Gasteiger partial charge in [-0.1, -0.05) is 69.3 Å². The molecular formula is C41H47N7O6. The summed E-state index contributed by atoms with van der Waals surface area (Å²) in [4.78, 5) is 49.8. The molecule has 6 N–H and O–H groups in total. The number of amides is 6. The fourth-order valence-corrected chi connectivity index (χ4v) is 6.32. The summed E-state index contributed by atoms with van der Waals surface area (Å²) in [5.41, 5.74) is 8.04. The topological polar surface area (TPSA) is 162 Å². The van der Waals surface area contributed by atoms with Crippen molar-refractivity contribution in [1.82, 2.24) is 10.6 Å². The standard InChI is InChI=1S/C21H24N4O3.C20H23N3O3/c1-14-7-8-15(18(11-14)25-9-2-3-10-25)12-22-21(27)24-17-6-4-5-16-20(17)28-13-19(26)23-16;1-20(2,3)14-9-7-13(8-10-14)11-21-19(25)23-16-6-4-5-15-18(16)26-12-17(24)22-15/h4-8,11H,2-3,9-10,12-13H2,1H3,(H,23,26)(H2,22,24,27);4-10H,11-12H2,1-3H3,(H,22,24)(H2,21,23,25). The maximum absolute atomic E-state index is 12.5. The van der Waals surface area contributed by atoms with Gasteiger partial charge in [-0.05, 0) is 77.8 Å². The summed E-state index contributed by atoms with van der Waals surface area (Å²) in [6.45, 7) is 11.4. The Morgan fingerprint density at radius 1 is 0.722 bits per heavy atom. The lowest BCUT2D eigenvalue weighted by Gasteiger charge is -2.23. The molecule has 0 aliphatic carbocycles. The van der Waals surface area contributed by atoms with E-state index in [1.165, 1.54) is 29.7 Å². The largest absolute Gasteiger partial charge is 0.479 e. The Morgan fingerprint density at radius 2 is 1.26 bits per heavy atom. The Kier molecular flexibility index (Phi) is 11.5. The van der Waals surface area contributed by atoms with Crippen molar-refractivity contribution < 1.29 is 28.7 Å². The highest BCUT2D eigenvalue weighted by atomic mass is 16.5. The summed E-state index contributed by atoms with van der Waals surface area (Å²) in [5, 5.41) is 16.8. The summed E-state index contributed by atoms with van der Waals surface area (Å²) in [7, 11) is 0. The maximum Gasteiger partial charge on any atom is 0.319 e. The van der Waals surface area contributed by atoms with Gasteiger partial charge in [-0.15, -0.1) is 0 Å². The molecule has 0 aromatic heterocycles. The first-order valence-corrected chi connectivity index (χ1v) is 18.1. The van der Waals surface area contributed by atoms with Crippen LogP contribution in [0.5, 0.6) is 11.5 Å². The minimum absolute atomic E-state index is 0.0596. The molecule has 1 saturated heterocycles. The molecule has 4 aromatic rings. The van der Waals surface area contributed by atoms with Gasteiger partial charge in [0.2, 0.25) is 0 Å². The predicted molar refractivity (Wildman–Crippen MR) is 211 cm³/mol. The molecule has 0 radical (unpaired) electrons. The fraction of sp³-hybridized carbons (Fsp3) is 0.317. The van der Waals surface area contributed by atoms with Crippen LogP contribution in [0.15, 0.2) is 78.9 Å². The van der Waals surface area contributed by atoms with Crippen LogP contribution in [0.25, 0.3) is 0 Å².